The molecule has 0 radical (unpaired) electrons. The molecule has 1 heterocycles. The molecule has 4 aromatic carbocycles. The first-order valence-electron chi connectivity index (χ1n) is 11.8. The Balaban J connectivity index is 1.55. The molecule has 0 saturated carbocycles. The lowest BCUT2D eigenvalue weighted by Gasteiger charge is -2.33. The maximum atomic E-state index is 4.48. The van der Waals surface area contributed by atoms with Crippen LogP contribution in [0.2, 0.25) is 0 Å². The van der Waals surface area contributed by atoms with Crippen molar-refractivity contribution in [2.24, 2.45) is 0 Å². The van der Waals surface area contributed by atoms with Gasteiger partial charge in [0.1, 0.15) is 0 Å². The summed E-state index contributed by atoms with van der Waals surface area (Å²) in [4.78, 5) is 7.04. The van der Waals surface area contributed by atoms with Crippen LogP contribution in [-0.4, -0.2) is 17.6 Å². The average molecular weight is 491 g/mol. The summed E-state index contributed by atoms with van der Waals surface area (Å²) >= 11 is 0. The number of rotatable bonds is 9. The molecule has 0 fully saturated rings. The van der Waals surface area contributed by atoms with Crippen molar-refractivity contribution in [3.8, 4) is 0 Å². The first-order valence-corrected chi connectivity index (χ1v) is 14.8. The maximum absolute atomic E-state index is 4.48. The van der Waals surface area contributed by atoms with E-state index in [1.807, 2.05) is 18.5 Å². The van der Waals surface area contributed by atoms with E-state index in [-0.39, 0.29) is 0 Å². The molecule has 0 N–H and O–H groups in total. The Bertz CT molecular complexity index is 1120. The van der Waals surface area contributed by atoms with Crippen LogP contribution in [0.25, 0.3) is 0 Å². The normalized spacial score (nSPS) is 11.0. The van der Waals surface area contributed by atoms with E-state index in [0.717, 1.165) is 12.6 Å². The molecule has 5 aromatic rings. The number of aromatic nitrogens is 1. The molecule has 1 aromatic heterocycles. The lowest BCUT2D eigenvalue weighted by molar-refractivity contribution is 1.04. The molecule has 0 spiro atoms. The largest absolute Gasteiger partial charge is 0.361 e. The highest BCUT2D eigenvalue weighted by Crippen LogP contribution is 2.41. The van der Waals surface area contributed by atoms with Crippen LogP contribution >= 0.6 is 15.8 Å². The summed E-state index contributed by atoms with van der Waals surface area (Å²) in [5, 5.41) is 5.58. The van der Waals surface area contributed by atoms with Gasteiger partial charge in [-0.3, -0.25) is 4.98 Å². The highest BCUT2D eigenvalue weighted by Gasteiger charge is 2.23. The van der Waals surface area contributed by atoms with Gasteiger partial charge in [-0.05, 0) is 49.2 Å². The summed E-state index contributed by atoms with van der Waals surface area (Å²) in [6, 6.07) is 48.1. The SMILES string of the molecule is c1ccc(P(CN(CP(c2ccccc2)c2ccccc2)c2cccnc2)c2ccccc2)cc1. The van der Waals surface area contributed by atoms with Crippen LogP contribution < -0.4 is 26.1 Å². The standard InChI is InChI=1S/C31H28N2P2/c1-5-15-28(16-6-1)34(29-17-7-2-8-18-29)25-33(27-14-13-23-32-24-27)26-35(30-19-9-3-10-20-30)31-21-11-4-12-22-31/h1-24H,25-26H2. The van der Waals surface area contributed by atoms with Gasteiger partial charge in [0.05, 0.1) is 11.9 Å². The number of hydrogen-bond donors (Lipinski definition) is 0. The minimum atomic E-state index is -0.574. The first-order chi connectivity index (χ1) is 17.4. The van der Waals surface area contributed by atoms with Gasteiger partial charge in [0.25, 0.3) is 0 Å². The Labute approximate surface area is 210 Å². The third kappa shape index (κ3) is 6.04. The fraction of sp³-hybridized carbons (Fsp3) is 0.0645. The molecular weight excluding hydrogens is 462 g/mol. The third-order valence-electron chi connectivity index (χ3n) is 5.91. The van der Waals surface area contributed by atoms with Crippen LogP contribution in [0.3, 0.4) is 0 Å². The molecule has 0 bridgehead atoms. The molecule has 172 valence electrons. The van der Waals surface area contributed by atoms with Crippen molar-refractivity contribution in [3.63, 3.8) is 0 Å². The predicted octanol–water partition coefficient (Wildman–Crippen LogP) is 6.07. The van der Waals surface area contributed by atoms with Crippen molar-refractivity contribution in [3.05, 3.63) is 146 Å². The van der Waals surface area contributed by atoms with Gasteiger partial charge < -0.3 is 4.90 Å². The highest BCUT2D eigenvalue weighted by atomic mass is 31.1. The summed E-state index contributed by atoms with van der Waals surface area (Å²) in [5.74, 6) is 0. The van der Waals surface area contributed by atoms with Gasteiger partial charge in [0, 0.05) is 18.8 Å². The van der Waals surface area contributed by atoms with E-state index in [4.69, 9.17) is 0 Å². The molecule has 2 nitrogen and oxygen atoms in total. The van der Waals surface area contributed by atoms with E-state index in [9.17, 15) is 0 Å². The molecular formula is C31H28N2P2. The first kappa shape index (κ1) is 23.4. The van der Waals surface area contributed by atoms with E-state index in [1.54, 1.807) is 0 Å². The minimum Gasteiger partial charge on any atom is -0.361 e. The molecule has 0 atom stereocenters. The smallest absolute Gasteiger partial charge is 0.0559 e. The van der Waals surface area contributed by atoms with Crippen LogP contribution in [0, 0.1) is 0 Å². The molecule has 0 unspecified atom stereocenters. The Kier molecular flexibility index (Phi) is 7.96. The van der Waals surface area contributed by atoms with Gasteiger partial charge >= 0.3 is 0 Å². The van der Waals surface area contributed by atoms with Crippen molar-refractivity contribution in [2.75, 3.05) is 17.5 Å². The summed E-state index contributed by atoms with van der Waals surface area (Å²) < 4.78 is 0. The maximum Gasteiger partial charge on any atom is 0.0559 e. The lowest BCUT2D eigenvalue weighted by atomic mass is 10.4. The number of benzene rings is 4. The third-order valence-corrected chi connectivity index (χ3v) is 10.8. The van der Waals surface area contributed by atoms with Crippen molar-refractivity contribution in [1.82, 2.24) is 4.98 Å². The fourth-order valence-electron chi connectivity index (χ4n) is 4.15. The lowest BCUT2D eigenvalue weighted by Crippen LogP contribution is -2.32. The van der Waals surface area contributed by atoms with E-state index in [1.165, 1.54) is 26.9 Å². The van der Waals surface area contributed by atoms with E-state index >= 15 is 0 Å². The van der Waals surface area contributed by atoms with Crippen molar-refractivity contribution in [1.29, 1.82) is 0 Å². The van der Waals surface area contributed by atoms with Gasteiger partial charge in [-0.1, -0.05) is 121 Å². The number of nitrogens with zero attached hydrogens (tertiary/aromatic N) is 2. The number of pyridine rings is 1. The summed E-state index contributed by atoms with van der Waals surface area (Å²) in [7, 11) is -1.15. The molecule has 0 aliphatic heterocycles. The Morgan fingerprint density at radius 2 is 0.829 bits per heavy atom. The zero-order valence-corrected chi connectivity index (χ0v) is 21.3. The molecule has 4 heteroatoms. The fourth-order valence-corrected chi connectivity index (χ4v) is 8.89. The van der Waals surface area contributed by atoms with E-state index < -0.39 is 15.8 Å². The summed E-state index contributed by atoms with van der Waals surface area (Å²) in [6.45, 7) is 0. The molecule has 0 saturated heterocycles. The molecule has 0 aliphatic carbocycles. The average Bonchev–Trinajstić information content (AvgIpc) is 2.95. The van der Waals surface area contributed by atoms with Crippen molar-refractivity contribution >= 4 is 42.7 Å². The van der Waals surface area contributed by atoms with E-state index in [2.05, 4.69) is 137 Å². The topological polar surface area (TPSA) is 16.1 Å². The van der Waals surface area contributed by atoms with Crippen LogP contribution in [0.5, 0.6) is 0 Å². The second-order valence-corrected chi connectivity index (χ2v) is 12.6. The molecule has 5 rings (SSSR count). The molecule has 0 amide bonds. The monoisotopic (exact) mass is 490 g/mol. The second kappa shape index (κ2) is 11.9. The summed E-state index contributed by atoms with van der Waals surface area (Å²) in [5.41, 5.74) is 1.17. The van der Waals surface area contributed by atoms with Gasteiger partial charge in [0.2, 0.25) is 0 Å². The van der Waals surface area contributed by atoms with Gasteiger partial charge in [-0.15, -0.1) is 0 Å². The Morgan fingerprint density at radius 3 is 1.14 bits per heavy atom. The van der Waals surface area contributed by atoms with Crippen LogP contribution in [0.4, 0.5) is 5.69 Å². The van der Waals surface area contributed by atoms with Crippen molar-refractivity contribution in [2.45, 2.75) is 0 Å². The van der Waals surface area contributed by atoms with E-state index in [0.29, 0.717) is 0 Å². The number of hydrogen-bond acceptors (Lipinski definition) is 2. The predicted molar refractivity (Wildman–Crippen MR) is 155 cm³/mol. The molecule has 0 aliphatic rings. The Hall–Kier alpha value is -3.31. The minimum absolute atomic E-state index is 0.574. The zero-order chi connectivity index (χ0) is 23.7. The Morgan fingerprint density at radius 1 is 0.457 bits per heavy atom. The zero-order valence-electron chi connectivity index (χ0n) is 19.6. The van der Waals surface area contributed by atoms with Gasteiger partial charge in [0.15, 0.2) is 0 Å². The van der Waals surface area contributed by atoms with Crippen molar-refractivity contribution < 1.29 is 0 Å². The highest BCUT2D eigenvalue weighted by molar-refractivity contribution is 7.74. The van der Waals surface area contributed by atoms with Crippen LogP contribution in [0.1, 0.15) is 0 Å². The van der Waals surface area contributed by atoms with Gasteiger partial charge in [-0.25, -0.2) is 0 Å². The molecule has 35 heavy (non-hydrogen) atoms. The van der Waals surface area contributed by atoms with Crippen LogP contribution in [-0.2, 0) is 0 Å². The summed E-state index contributed by atoms with van der Waals surface area (Å²) in [6.07, 6.45) is 5.74. The van der Waals surface area contributed by atoms with Gasteiger partial charge in [-0.2, -0.15) is 0 Å². The number of anilines is 1. The van der Waals surface area contributed by atoms with Crippen LogP contribution in [0.15, 0.2) is 146 Å². The second-order valence-electron chi connectivity index (χ2n) is 8.23. The quantitative estimate of drug-likeness (QED) is 0.233.